The lowest BCUT2D eigenvalue weighted by Crippen LogP contribution is -2.58. The molecule has 2 aromatic rings. The normalized spacial score (nSPS) is 17.3. The van der Waals surface area contributed by atoms with E-state index < -0.39 is 29.6 Å². The summed E-state index contributed by atoms with van der Waals surface area (Å²) in [6.07, 6.45) is 3.55. The number of anilines is 1. The van der Waals surface area contributed by atoms with Crippen molar-refractivity contribution >= 4 is 17.5 Å². The number of hydrazine groups is 1. The van der Waals surface area contributed by atoms with Crippen LogP contribution >= 0.6 is 0 Å². The average Bonchev–Trinajstić information content (AvgIpc) is 3.58. The van der Waals surface area contributed by atoms with E-state index in [0.29, 0.717) is 17.9 Å². The van der Waals surface area contributed by atoms with Crippen LogP contribution in [0.15, 0.2) is 48.8 Å². The summed E-state index contributed by atoms with van der Waals surface area (Å²) < 4.78 is 5.86. The summed E-state index contributed by atoms with van der Waals surface area (Å²) in [5, 5.41) is 26.1. The van der Waals surface area contributed by atoms with Crippen molar-refractivity contribution in [2.24, 2.45) is 0 Å². The Bertz CT molecular complexity index is 1240. The zero-order valence-electron chi connectivity index (χ0n) is 21.1. The highest BCUT2D eigenvalue weighted by Crippen LogP contribution is 2.32. The molecule has 194 valence electrons. The molecule has 3 heterocycles. The van der Waals surface area contributed by atoms with Gasteiger partial charge in [0.2, 0.25) is 0 Å². The summed E-state index contributed by atoms with van der Waals surface area (Å²) in [7, 11) is 0. The molecule has 37 heavy (non-hydrogen) atoms. The number of aliphatic hydroxyl groups excluding tert-OH is 1. The minimum absolute atomic E-state index is 0.199. The van der Waals surface area contributed by atoms with Crippen molar-refractivity contribution in [2.45, 2.75) is 51.6 Å². The zero-order valence-corrected chi connectivity index (χ0v) is 21.1. The Hall–Kier alpha value is -3.91. The van der Waals surface area contributed by atoms with Crippen LogP contribution < -0.4 is 20.5 Å². The zero-order chi connectivity index (χ0) is 26.6. The Morgan fingerprint density at radius 3 is 2.84 bits per heavy atom. The van der Waals surface area contributed by atoms with Crippen LogP contribution in [0.25, 0.3) is 0 Å². The number of aliphatic hydroxyl groups is 2. The first-order chi connectivity index (χ1) is 17.7. The molecule has 0 aliphatic carbocycles. The standard InChI is InChI=1S/C27H31N5O5/c1-4-5-14-37-23-15-19(9-10-22(23)32-13-7-12-29-32)18(2)30-26(35)27(3,36)24(33)25(34)31-16-20-8-6-11-28-21(20)17-31/h6-11,13,15,18,24,29,33,36H,12,14,16-17H2,1-3H3,(H,30,35)/t18-,24+,27-/m1/s1. The van der Waals surface area contributed by atoms with Gasteiger partial charge in [-0.25, -0.2) is 5.43 Å². The van der Waals surface area contributed by atoms with Crippen LogP contribution in [0.1, 0.15) is 43.6 Å². The third-order valence-electron chi connectivity index (χ3n) is 6.43. The molecule has 1 aromatic carbocycles. The monoisotopic (exact) mass is 505 g/mol. The maximum atomic E-state index is 13.0. The van der Waals surface area contributed by atoms with Crippen molar-refractivity contribution in [3.05, 3.63) is 65.6 Å². The quantitative estimate of drug-likeness (QED) is 0.394. The van der Waals surface area contributed by atoms with Crippen LogP contribution in [0.3, 0.4) is 0 Å². The minimum Gasteiger partial charge on any atom is -0.479 e. The lowest BCUT2D eigenvalue weighted by molar-refractivity contribution is -0.166. The Morgan fingerprint density at radius 2 is 2.14 bits per heavy atom. The van der Waals surface area contributed by atoms with E-state index in [1.54, 1.807) is 32.2 Å². The number of carbonyl (C=O) groups is 2. The van der Waals surface area contributed by atoms with Gasteiger partial charge in [0.25, 0.3) is 11.8 Å². The van der Waals surface area contributed by atoms with Crippen molar-refractivity contribution in [3.63, 3.8) is 0 Å². The number of hydrogen-bond acceptors (Lipinski definition) is 8. The number of carbonyl (C=O) groups excluding carboxylic acids is 2. The highest BCUT2D eigenvalue weighted by molar-refractivity contribution is 5.94. The maximum absolute atomic E-state index is 13.0. The van der Waals surface area contributed by atoms with Crippen molar-refractivity contribution in [1.82, 2.24) is 20.6 Å². The highest BCUT2D eigenvalue weighted by atomic mass is 16.5. The topological polar surface area (TPSA) is 127 Å². The van der Waals surface area contributed by atoms with Crippen molar-refractivity contribution in [1.29, 1.82) is 0 Å². The van der Waals surface area contributed by atoms with E-state index in [-0.39, 0.29) is 19.7 Å². The van der Waals surface area contributed by atoms with Gasteiger partial charge < -0.3 is 25.2 Å². The van der Waals surface area contributed by atoms with Gasteiger partial charge in [-0.2, -0.15) is 0 Å². The average molecular weight is 506 g/mol. The SMILES string of the molecule is CC#CCOc1cc([C@@H](C)NC(=O)[C@](C)(O)[C@@H](O)C(=O)N2Cc3cccnc3C2)ccc1N1C=CCN1. The predicted octanol–water partition coefficient (Wildman–Crippen LogP) is 1.15. The van der Waals surface area contributed by atoms with Crippen LogP contribution in [0.4, 0.5) is 5.69 Å². The first kappa shape index (κ1) is 26.2. The molecule has 2 aliphatic heterocycles. The third kappa shape index (κ3) is 5.59. The van der Waals surface area contributed by atoms with Crippen LogP contribution in [0.5, 0.6) is 5.75 Å². The summed E-state index contributed by atoms with van der Waals surface area (Å²) in [4.78, 5) is 31.5. The van der Waals surface area contributed by atoms with E-state index in [1.807, 2.05) is 35.5 Å². The summed E-state index contributed by atoms with van der Waals surface area (Å²) in [6.45, 7) is 5.95. The van der Waals surface area contributed by atoms with Gasteiger partial charge in [0.1, 0.15) is 12.4 Å². The van der Waals surface area contributed by atoms with Gasteiger partial charge in [0.05, 0.1) is 24.0 Å². The summed E-state index contributed by atoms with van der Waals surface area (Å²) >= 11 is 0. The number of aromatic nitrogens is 1. The molecule has 0 spiro atoms. The van der Waals surface area contributed by atoms with Crippen LogP contribution in [0.2, 0.25) is 0 Å². The van der Waals surface area contributed by atoms with E-state index in [2.05, 4.69) is 27.6 Å². The van der Waals surface area contributed by atoms with Gasteiger partial charge in [0, 0.05) is 25.5 Å². The summed E-state index contributed by atoms with van der Waals surface area (Å²) in [5.41, 5.74) is 3.92. The molecule has 1 aromatic heterocycles. The van der Waals surface area contributed by atoms with Crippen LogP contribution in [-0.4, -0.2) is 56.8 Å². The predicted molar refractivity (Wildman–Crippen MR) is 137 cm³/mol. The third-order valence-corrected chi connectivity index (χ3v) is 6.43. The fourth-order valence-electron chi connectivity index (χ4n) is 4.15. The Balaban J connectivity index is 1.45. The molecule has 4 N–H and O–H groups in total. The Kier molecular flexibility index (Phi) is 7.78. The molecule has 2 amide bonds. The number of hydrogen-bond donors (Lipinski definition) is 4. The number of fused-ring (bicyclic) bond motifs is 1. The second kappa shape index (κ2) is 11.0. The first-order valence-corrected chi connectivity index (χ1v) is 12.0. The molecule has 4 rings (SSSR count). The Labute approximate surface area is 215 Å². The second-order valence-electron chi connectivity index (χ2n) is 9.11. The second-order valence-corrected chi connectivity index (χ2v) is 9.11. The lowest BCUT2D eigenvalue weighted by atomic mass is 9.95. The first-order valence-electron chi connectivity index (χ1n) is 12.0. The van der Waals surface area contributed by atoms with Crippen LogP contribution in [-0.2, 0) is 22.7 Å². The fourth-order valence-corrected chi connectivity index (χ4v) is 4.15. The number of benzene rings is 1. The molecule has 0 bridgehead atoms. The van der Waals surface area contributed by atoms with Gasteiger partial charge >= 0.3 is 0 Å². The highest BCUT2D eigenvalue weighted by Gasteiger charge is 2.45. The summed E-state index contributed by atoms with van der Waals surface area (Å²) in [6, 6.07) is 8.53. The molecule has 0 unspecified atom stereocenters. The van der Waals surface area contributed by atoms with Gasteiger partial charge in [-0.05, 0) is 50.1 Å². The molecule has 0 saturated heterocycles. The van der Waals surface area contributed by atoms with Gasteiger partial charge in [-0.1, -0.05) is 24.1 Å². The molecule has 10 heteroatoms. The molecule has 2 aliphatic rings. The number of nitrogens with one attached hydrogen (secondary N) is 2. The maximum Gasteiger partial charge on any atom is 0.255 e. The summed E-state index contributed by atoms with van der Waals surface area (Å²) in [5.74, 6) is 4.60. The van der Waals surface area contributed by atoms with E-state index in [0.717, 1.165) is 23.9 Å². The largest absolute Gasteiger partial charge is 0.479 e. The number of ether oxygens (including phenoxy) is 1. The van der Waals surface area contributed by atoms with Gasteiger partial charge in [-0.3, -0.25) is 19.6 Å². The van der Waals surface area contributed by atoms with Gasteiger partial charge in [-0.15, -0.1) is 5.92 Å². The molecular formula is C27H31N5O5. The van der Waals surface area contributed by atoms with E-state index in [1.165, 1.54) is 4.90 Å². The minimum atomic E-state index is -2.35. The molecule has 3 atom stereocenters. The number of rotatable bonds is 8. The van der Waals surface area contributed by atoms with E-state index >= 15 is 0 Å². The molecule has 0 fully saturated rings. The number of pyridine rings is 1. The van der Waals surface area contributed by atoms with Crippen LogP contribution in [0, 0.1) is 11.8 Å². The lowest BCUT2D eigenvalue weighted by Gasteiger charge is -2.31. The van der Waals surface area contributed by atoms with Crippen molar-refractivity contribution in [3.8, 4) is 17.6 Å². The Morgan fingerprint density at radius 1 is 1.32 bits per heavy atom. The number of nitrogens with zero attached hydrogens (tertiary/aromatic N) is 3. The number of amides is 2. The van der Waals surface area contributed by atoms with E-state index in [9.17, 15) is 19.8 Å². The van der Waals surface area contributed by atoms with Gasteiger partial charge in [0.15, 0.2) is 11.7 Å². The molecule has 10 nitrogen and oxygen atoms in total. The molecular weight excluding hydrogens is 474 g/mol. The van der Waals surface area contributed by atoms with Crippen molar-refractivity contribution in [2.75, 3.05) is 18.2 Å². The molecule has 0 radical (unpaired) electrons. The fraction of sp³-hybridized carbons (Fsp3) is 0.370. The van der Waals surface area contributed by atoms with E-state index in [4.69, 9.17) is 4.74 Å². The smallest absolute Gasteiger partial charge is 0.255 e. The molecule has 0 saturated carbocycles. The van der Waals surface area contributed by atoms with Crippen molar-refractivity contribution < 1.29 is 24.5 Å².